The first kappa shape index (κ1) is 16.4. The number of benzene rings is 1. The van der Waals surface area contributed by atoms with E-state index in [0.29, 0.717) is 5.69 Å². The van der Waals surface area contributed by atoms with Crippen LogP contribution in [0.2, 0.25) is 0 Å². The lowest BCUT2D eigenvalue weighted by molar-refractivity contribution is -0.137. The standard InChI is InChI=1S/C15H19F3N2/c1-10(14(2,3)4)20(5)12-7-6-11(9-19)13(8-12)15(16,17)18/h6-8,10H,1-5H3. The first-order valence-corrected chi connectivity index (χ1v) is 6.32. The molecule has 0 spiro atoms. The van der Waals surface area contributed by atoms with Crippen LogP contribution in [0.4, 0.5) is 18.9 Å². The van der Waals surface area contributed by atoms with Gasteiger partial charge in [0.2, 0.25) is 0 Å². The van der Waals surface area contributed by atoms with Crippen molar-refractivity contribution in [3.05, 3.63) is 29.3 Å². The van der Waals surface area contributed by atoms with Crippen molar-refractivity contribution in [1.82, 2.24) is 0 Å². The van der Waals surface area contributed by atoms with E-state index in [2.05, 4.69) is 0 Å². The Morgan fingerprint density at radius 1 is 1.20 bits per heavy atom. The predicted octanol–water partition coefficient (Wildman–Crippen LogP) is 4.45. The van der Waals surface area contributed by atoms with Crippen LogP contribution in [0.25, 0.3) is 0 Å². The van der Waals surface area contributed by atoms with Gasteiger partial charge in [-0.25, -0.2) is 0 Å². The number of hydrogen-bond acceptors (Lipinski definition) is 2. The zero-order valence-electron chi connectivity index (χ0n) is 12.3. The average Bonchev–Trinajstić information content (AvgIpc) is 2.34. The highest BCUT2D eigenvalue weighted by atomic mass is 19.4. The maximum atomic E-state index is 12.9. The number of nitrogens with zero attached hydrogens (tertiary/aromatic N) is 2. The topological polar surface area (TPSA) is 27.0 Å². The van der Waals surface area contributed by atoms with Crippen molar-refractivity contribution in [1.29, 1.82) is 5.26 Å². The lowest BCUT2D eigenvalue weighted by Crippen LogP contribution is -2.39. The first-order chi connectivity index (χ1) is 8.98. The molecular weight excluding hydrogens is 265 g/mol. The Morgan fingerprint density at radius 2 is 1.75 bits per heavy atom. The fourth-order valence-corrected chi connectivity index (χ4v) is 1.89. The number of anilines is 1. The monoisotopic (exact) mass is 284 g/mol. The zero-order chi connectivity index (χ0) is 15.7. The molecule has 0 radical (unpaired) electrons. The highest BCUT2D eigenvalue weighted by molar-refractivity contribution is 5.55. The van der Waals surface area contributed by atoms with E-state index in [0.717, 1.165) is 6.07 Å². The summed E-state index contributed by atoms with van der Waals surface area (Å²) in [5.74, 6) is 0. The van der Waals surface area contributed by atoms with Crippen LogP contribution in [0.5, 0.6) is 0 Å². The smallest absolute Gasteiger partial charge is 0.371 e. The summed E-state index contributed by atoms with van der Waals surface area (Å²) in [6.07, 6.45) is -4.52. The number of alkyl halides is 3. The lowest BCUT2D eigenvalue weighted by Gasteiger charge is -2.37. The van der Waals surface area contributed by atoms with Gasteiger partial charge in [0.25, 0.3) is 0 Å². The van der Waals surface area contributed by atoms with Crippen molar-refractivity contribution in [2.45, 2.75) is 39.9 Å². The second-order valence-corrected chi connectivity index (χ2v) is 5.99. The van der Waals surface area contributed by atoms with E-state index in [1.165, 1.54) is 6.07 Å². The summed E-state index contributed by atoms with van der Waals surface area (Å²) in [7, 11) is 1.76. The maximum absolute atomic E-state index is 12.9. The quantitative estimate of drug-likeness (QED) is 0.802. The van der Waals surface area contributed by atoms with Crippen LogP contribution in [0, 0.1) is 16.7 Å². The molecule has 1 aromatic rings. The zero-order valence-corrected chi connectivity index (χ0v) is 12.3. The van der Waals surface area contributed by atoms with Crippen LogP contribution in [0.1, 0.15) is 38.8 Å². The van der Waals surface area contributed by atoms with Crippen LogP contribution < -0.4 is 4.90 Å². The van der Waals surface area contributed by atoms with Gasteiger partial charge in [-0.15, -0.1) is 0 Å². The molecule has 1 rings (SSSR count). The van der Waals surface area contributed by atoms with Gasteiger partial charge in [-0.3, -0.25) is 0 Å². The molecule has 2 nitrogen and oxygen atoms in total. The van der Waals surface area contributed by atoms with E-state index in [1.54, 1.807) is 24.1 Å². The van der Waals surface area contributed by atoms with Crippen LogP contribution in [0.3, 0.4) is 0 Å². The lowest BCUT2D eigenvalue weighted by atomic mass is 9.87. The number of halogens is 3. The Bertz CT molecular complexity index is 521. The molecule has 0 aliphatic rings. The van der Waals surface area contributed by atoms with Gasteiger partial charge in [-0.05, 0) is 30.5 Å². The normalized spacial score (nSPS) is 13.8. The van der Waals surface area contributed by atoms with Gasteiger partial charge in [0, 0.05) is 18.8 Å². The second-order valence-electron chi connectivity index (χ2n) is 5.99. The minimum Gasteiger partial charge on any atom is -0.371 e. The summed E-state index contributed by atoms with van der Waals surface area (Å²) >= 11 is 0. The Morgan fingerprint density at radius 3 is 2.15 bits per heavy atom. The van der Waals surface area contributed by atoms with E-state index in [4.69, 9.17) is 5.26 Å². The van der Waals surface area contributed by atoms with Crippen LogP contribution in [0.15, 0.2) is 18.2 Å². The molecule has 1 unspecified atom stereocenters. The third-order valence-corrected chi connectivity index (χ3v) is 3.67. The Hall–Kier alpha value is -1.70. The van der Waals surface area contributed by atoms with E-state index >= 15 is 0 Å². The highest BCUT2D eigenvalue weighted by Gasteiger charge is 2.34. The molecule has 5 heteroatoms. The van der Waals surface area contributed by atoms with Gasteiger partial charge < -0.3 is 4.90 Å². The third-order valence-electron chi connectivity index (χ3n) is 3.67. The molecule has 0 aromatic heterocycles. The molecule has 110 valence electrons. The minimum absolute atomic E-state index is 0.0523. The van der Waals surface area contributed by atoms with Gasteiger partial charge in [-0.1, -0.05) is 20.8 Å². The van der Waals surface area contributed by atoms with Crippen molar-refractivity contribution < 1.29 is 13.2 Å². The first-order valence-electron chi connectivity index (χ1n) is 6.32. The molecule has 0 saturated carbocycles. The van der Waals surface area contributed by atoms with E-state index in [9.17, 15) is 13.2 Å². The van der Waals surface area contributed by atoms with Crippen molar-refractivity contribution in [3.63, 3.8) is 0 Å². The summed E-state index contributed by atoms with van der Waals surface area (Å²) in [6, 6.07) is 5.46. The van der Waals surface area contributed by atoms with E-state index in [1.807, 2.05) is 27.7 Å². The van der Waals surface area contributed by atoms with Gasteiger partial charge in [0.1, 0.15) is 0 Å². The summed E-state index contributed by atoms with van der Waals surface area (Å²) in [4.78, 5) is 1.80. The van der Waals surface area contributed by atoms with Crippen LogP contribution >= 0.6 is 0 Å². The van der Waals surface area contributed by atoms with Gasteiger partial charge in [-0.2, -0.15) is 18.4 Å². The minimum atomic E-state index is -4.52. The van der Waals surface area contributed by atoms with Crippen molar-refractivity contribution in [2.24, 2.45) is 5.41 Å². The van der Waals surface area contributed by atoms with E-state index in [-0.39, 0.29) is 17.0 Å². The number of nitriles is 1. The molecule has 0 bridgehead atoms. The highest BCUT2D eigenvalue weighted by Crippen LogP contribution is 2.35. The summed E-state index contributed by atoms with van der Waals surface area (Å²) < 4.78 is 38.8. The fourth-order valence-electron chi connectivity index (χ4n) is 1.89. The predicted molar refractivity (Wildman–Crippen MR) is 73.5 cm³/mol. The van der Waals surface area contributed by atoms with Crippen LogP contribution in [-0.4, -0.2) is 13.1 Å². The molecule has 0 fully saturated rings. The Kier molecular flexibility index (Phi) is 4.38. The summed E-state index contributed by atoms with van der Waals surface area (Å²) in [5.41, 5.74) is -0.844. The molecule has 20 heavy (non-hydrogen) atoms. The van der Waals surface area contributed by atoms with E-state index < -0.39 is 11.7 Å². The maximum Gasteiger partial charge on any atom is 0.417 e. The third kappa shape index (κ3) is 3.44. The van der Waals surface area contributed by atoms with Crippen molar-refractivity contribution >= 4 is 5.69 Å². The fraction of sp³-hybridized carbons (Fsp3) is 0.533. The number of rotatable bonds is 2. The molecular formula is C15H19F3N2. The summed E-state index contributed by atoms with van der Waals surface area (Å²) in [6.45, 7) is 8.05. The summed E-state index contributed by atoms with van der Waals surface area (Å²) in [5, 5.41) is 8.79. The molecule has 1 atom stereocenters. The van der Waals surface area contributed by atoms with Gasteiger partial charge in [0.15, 0.2) is 0 Å². The molecule has 0 heterocycles. The van der Waals surface area contributed by atoms with Gasteiger partial charge in [0.05, 0.1) is 17.2 Å². The van der Waals surface area contributed by atoms with Crippen molar-refractivity contribution in [2.75, 3.05) is 11.9 Å². The van der Waals surface area contributed by atoms with Gasteiger partial charge >= 0.3 is 6.18 Å². The molecule has 0 saturated heterocycles. The Balaban J connectivity index is 3.26. The van der Waals surface area contributed by atoms with Crippen LogP contribution in [-0.2, 0) is 6.18 Å². The largest absolute Gasteiger partial charge is 0.417 e. The molecule has 1 aromatic carbocycles. The molecule has 0 aliphatic carbocycles. The van der Waals surface area contributed by atoms with Crippen molar-refractivity contribution in [3.8, 4) is 6.07 Å². The molecule has 0 N–H and O–H groups in total. The second kappa shape index (κ2) is 5.35. The Labute approximate surface area is 117 Å². The molecule has 0 aliphatic heterocycles. The SMILES string of the molecule is CC(N(C)c1ccc(C#N)c(C(F)(F)F)c1)C(C)(C)C. The molecule has 0 amide bonds. The number of hydrogen-bond donors (Lipinski definition) is 0. The average molecular weight is 284 g/mol.